The minimum Gasteiger partial charge on any atom is -0.497 e. The number of ketones is 1. The number of ether oxygens (including phenoxy) is 2. The molecule has 1 fully saturated rings. The first-order valence-electron chi connectivity index (χ1n) is 10.3. The Labute approximate surface area is 174 Å². The van der Waals surface area contributed by atoms with Crippen LogP contribution in [0.3, 0.4) is 0 Å². The van der Waals surface area contributed by atoms with Gasteiger partial charge in [-0.25, -0.2) is 0 Å². The third kappa shape index (κ3) is 5.48. The second-order valence-electron chi connectivity index (χ2n) is 7.76. The molecule has 0 atom stereocenters. The van der Waals surface area contributed by atoms with E-state index in [2.05, 4.69) is 4.90 Å². The topological polar surface area (TPSA) is 38.8 Å². The Balaban J connectivity index is 1.66. The summed E-state index contributed by atoms with van der Waals surface area (Å²) < 4.78 is 11.3. The van der Waals surface area contributed by atoms with Crippen LogP contribution in [0.4, 0.5) is 0 Å². The monoisotopic (exact) mass is 393 g/mol. The molecule has 0 aliphatic carbocycles. The normalized spacial score (nSPS) is 14.5. The van der Waals surface area contributed by atoms with Crippen molar-refractivity contribution in [2.24, 2.45) is 0 Å². The van der Waals surface area contributed by atoms with Gasteiger partial charge in [-0.2, -0.15) is 0 Å². The Morgan fingerprint density at radius 2 is 1.72 bits per heavy atom. The van der Waals surface area contributed by atoms with Gasteiger partial charge in [-0.1, -0.05) is 12.1 Å². The minimum absolute atomic E-state index is 0.00460. The number of allylic oxidation sites excluding steroid dienone is 1. The molecule has 0 unspecified atom stereocenters. The van der Waals surface area contributed by atoms with Crippen molar-refractivity contribution >= 4 is 11.9 Å². The zero-order valence-corrected chi connectivity index (χ0v) is 18.0. The predicted octanol–water partition coefficient (Wildman–Crippen LogP) is 4.99. The van der Waals surface area contributed by atoms with Crippen LogP contribution in [0.15, 0.2) is 36.4 Å². The molecule has 4 heteroatoms. The molecular weight excluding hydrogens is 362 g/mol. The Morgan fingerprint density at radius 3 is 2.34 bits per heavy atom. The number of methoxy groups -OCH3 is 1. The van der Waals surface area contributed by atoms with Crippen LogP contribution >= 0.6 is 0 Å². The van der Waals surface area contributed by atoms with Crippen molar-refractivity contribution < 1.29 is 14.3 Å². The van der Waals surface area contributed by atoms with Crippen molar-refractivity contribution in [2.75, 3.05) is 33.4 Å². The number of hydrogen-bond donors (Lipinski definition) is 0. The Bertz CT molecular complexity index is 872. The molecule has 0 N–H and O–H groups in total. The molecular formula is C25H31NO3. The summed E-state index contributed by atoms with van der Waals surface area (Å²) in [5.74, 6) is 1.71. The first-order valence-corrected chi connectivity index (χ1v) is 10.3. The lowest BCUT2D eigenvalue weighted by Crippen LogP contribution is -2.25. The van der Waals surface area contributed by atoms with Crippen LogP contribution in [0.5, 0.6) is 11.5 Å². The van der Waals surface area contributed by atoms with Gasteiger partial charge < -0.3 is 9.47 Å². The molecule has 3 rings (SSSR count). The van der Waals surface area contributed by atoms with Crippen LogP contribution < -0.4 is 9.47 Å². The van der Waals surface area contributed by atoms with Crippen molar-refractivity contribution in [3.8, 4) is 11.5 Å². The number of carbonyl (C=O) groups is 1. The molecule has 0 saturated carbocycles. The van der Waals surface area contributed by atoms with Crippen LogP contribution in [-0.4, -0.2) is 44.0 Å². The third-order valence-electron chi connectivity index (χ3n) is 5.49. The van der Waals surface area contributed by atoms with Crippen LogP contribution in [0.25, 0.3) is 6.08 Å². The third-order valence-corrected chi connectivity index (χ3v) is 5.49. The fourth-order valence-electron chi connectivity index (χ4n) is 3.83. The number of likely N-dealkylation sites (tertiary alicyclic amines) is 1. The minimum atomic E-state index is -0.00460. The van der Waals surface area contributed by atoms with E-state index in [4.69, 9.17) is 9.47 Å². The first-order chi connectivity index (χ1) is 14.0. The SMILES string of the molecule is COc1ccc(C=CC(=O)c2cc(C)c(OCCN3CCCC3)c(C)c2)c(C)c1. The maximum atomic E-state index is 12.7. The number of hydrogen-bond acceptors (Lipinski definition) is 4. The highest BCUT2D eigenvalue weighted by Gasteiger charge is 2.13. The van der Waals surface area contributed by atoms with E-state index in [0.29, 0.717) is 12.2 Å². The number of aryl methyl sites for hydroxylation is 3. The Hall–Kier alpha value is -2.59. The van der Waals surface area contributed by atoms with Crippen molar-refractivity contribution in [1.82, 2.24) is 4.90 Å². The quantitative estimate of drug-likeness (QED) is 0.468. The van der Waals surface area contributed by atoms with Gasteiger partial charge in [0.1, 0.15) is 18.1 Å². The first kappa shape index (κ1) is 21.1. The molecule has 154 valence electrons. The van der Waals surface area contributed by atoms with Crippen molar-refractivity contribution in [3.63, 3.8) is 0 Å². The number of carbonyl (C=O) groups excluding carboxylic acids is 1. The summed E-state index contributed by atoms with van der Waals surface area (Å²) in [6.07, 6.45) is 6.08. The second kappa shape index (κ2) is 9.75. The van der Waals surface area contributed by atoms with Gasteiger partial charge in [0.15, 0.2) is 5.78 Å². The van der Waals surface area contributed by atoms with Gasteiger partial charge >= 0.3 is 0 Å². The fourth-order valence-corrected chi connectivity index (χ4v) is 3.83. The summed E-state index contributed by atoms with van der Waals surface area (Å²) in [4.78, 5) is 15.1. The smallest absolute Gasteiger partial charge is 0.185 e. The summed E-state index contributed by atoms with van der Waals surface area (Å²) in [5, 5.41) is 0. The average Bonchev–Trinajstić information content (AvgIpc) is 3.22. The maximum Gasteiger partial charge on any atom is 0.185 e. The van der Waals surface area contributed by atoms with Gasteiger partial charge in [0, 0.05) is 12.1 Å². The molecule has 29 heavy (non-hydrogen) atoms. The summed E-state index contributed by atoms with van der Waals surface area (Å²) in [6.45, 7) is 10.0. The van der Waals surface area contributed by atoms with Crippen molar-refractivity contribution in [3.05, 3.63) is 64.2 Å². The standard InChI is InChI=1S/C25H31NO3/c1-18-17-23(28-4)9-7-21(18)8-10-24(27)22-15-19(2)25(20(3)16-22)29-14-13-26-11-5-6-12-26/h7-10,15-17H,5-6,11-14H2,1-4H3. The van der Waals surface area contributed by atoms with E-state index < -0.39 is 0 Å². The lowest BCUT2D eigenvalue weighted by Gasteiger charge is -2.17. The Morgan fingerprint density at radius 1 is 1.03 bits per heavy atom. The Kier molecular flexibility index (Phi) is 7.10. The van der Waals surface area contributed by atoms with Crippen LogP contribution in [0.1, 0.15) is 45.5 Å². The van der Waals surface area contributed by atoms with E-state index in [9.17, 15) is 4.79 Å². The molecule has 1 saturated heterocycles. The van der Waals surface area contributed by atoms with E-state index in [1.165, 1.54) is 25.9 Å². The van der Waals surface area contributed by atoms with Gasteiger partial charge in [0.2, 0.25) is 0 Å². The fraction of sp³-hybridized carbons (Fsp3) is 0.400. The molecule has 1 heterocycles. The average molecular weight is 394 g/mol. The molecule has 4 nitrogen and oxygen atoms in total. The highest BCUT2D eigenvalue weighted by atomic mass is 16.5. The number of nitrogens with zero attached hydrogens (tertiary/aromatic N) is 1. The maximum absolute atomic E-state index is 12.7. The van der Waals surface area contributed by atoms with Gasteiger partial charge in [-0.05, 0) is 99.3 Å². The lowest BCUT2D eigenvalue weighted by atomic mass is 10.0. The van der Waals surface area contributed by atoms with Gasteiger partial charge in [0.25, 0.3) is 0 Å². The molecule has 0 spiro atoms. The van der Waals surface area contributed by atoms with Crippen LogP contribution in [0.2, 0.25) is 0 Å². The van der Waals surface area contributed by atoms with E-state index in [1.54, 1.807) is 13.2 Å². The van der Waals surface area contributed by atoms with Crippen LogP contribution in [0, 0.1) is 20.8 Å². The molecule has 0 bridgehead atoms. The van der Waals surface area contributed by atoms with Gasteiger partial charge in [-0.3, -0.25) is 9.69 Å². The molecule has 2 aromatic rings. The summed E-state index contributed by atoms with van der Waals surface area (Å²) in [5.41, 5.74) is 4.78. The van der Waals surface area contributed by atoms with Crippen molar-refractivity contribution in [2.45, 2.75) is 33.6 Å². The van der Waals surface area contributed by atoms with E-state index >= 15 is 0 Å². The number of rotatable bonds is 8. The molecule has 1 aliphatic rings. The molecule has 0 radical (unpaired) electrons. The molecule has 1 aliphatic heterocycles. The molecule has 0 aromatic heterocycles. The molecule has 0 amide bonds. The van der Waals surface area contributed by atoms with Gasteiger partial charge in [0.05, 0.1) is 7.11 Å². The number of benzene rings is 2. The van der Waals surface area contributed by atoms with E-state index in [1.807, 2.05) is 57.2 Å². The zero-order valence-electron chi connectivity index (χ0n) is 18.0. The summed E-state index contributed by atoms with van der Waals surface area (Å²) in [6, 6.07) is 9.68. The molecule has 2 aromatic carbocycles. The van der Waals surface area contributed by atoms with E-state index in [-0.39, 0.29) is 5.78 Å². The second-order valence-corrected chi connectivity index (χ2v) is 7.76. The van der Waals surface area contributed by atoms with Gasteiger partial charge in [-0.15, -0.1) is 0 Å². The predicted molar refractivity (Wildman–Crippen MR) is 118 cm³/mol. The summed E-state index contributed by atoms with van der Waals surface area (Å²) >= 11 is 0. The lowest BCUT2D eigenvalue weighted by molar-refractivity contribution is 0.104. The van der Waals surface area contributed by atoms with Crippen molar-refractivity contribution in [1.29, 1.82) is 0 Å². The zero-order chi connectivity index (χ0) is 20.8. The highest BCUT2D eigenvalue weighted by Crippen LogP contribution is 2.26. The largest absolute Gasteiger partial charge is 0.497 e. The highest BCUT2D eigenvalue weighted by molar-refractivity contribution is 6.07. The summed E-state index contributed by atoms with van der Waals surface area (Å²) in [7, 11) is 1.65. The van der Waals surface area contributed by atoms with Crippen LogP contribution in [-0.2, 0) is 0 Å². The van der Waals surface area contributed by atoms with E-state index in [0.717, 1.165) is 40.3 Å².